The highest BCUT2D eigenvalue weighted by Gasteiger charge is 2.17. The summed E-state index contributed by atoms with van der Waals surface area (Å²) in [4.78, 5) is 13.4. The summed E-state index contributed by atoms with van der Waals surface area (Å²) in [5.41, 5.74) is 1.68. The van der Waals surface area contributed by atoms with Gasteiger partial charge in [0, 0.05) is 19.2 Å². The molecule has 0 unspecified atom stereocenters. The number of hydrogen-bond donors (Lipinski definition) is 3. The Morgan fingerprint density at radius 1 is 1.19 bits per heavy atom. The molecule has 26 heavy (non-hydrogen) atoms. The largest absolute Gasteiger partial charge is 0.396 e. The first kappa shape index (κ1) is 18.1. The Morgan fingerprint density at radius 2 is 2.00 bits per heavy atom. The molecule has 0 radical (unpaired) electrons. The highest BCUT2D eigenvalue weighted by molar-refractivity contribution is 5.76. The van der Waals surface area contributed by atoms with Crippen LogP contribution in [-0.2, 0) is 0 Å². The molecule has 0 saturated carbocycles. The third kappa shape index (κ3) is 3.91. The highest BCUT2D eigenvalue weighted by Crippen LogP contribution is 2.26. The van der Waals surface area contributed by atoms with Crippen molar-refractivity contribution in [2.75, 3.05) is 23.8 Å². The fraction of sp³-hybridized carbons (Fsp3) is 0.389. The lowest BCUT2D eigenvalue weighted by Gasteiger charge is -2.14. The second kappa shape index (κ2) is 8.09. The second-order valence-corrected chi connectivity index (χ2v) is 6.26. The molecule has 8 heteroatoms. The molecule has 0 fully saturated rings. The van der Waals surface area contributed by atoms with E-state index in [0.717, 1.165) is 12.8 Å². The van der Waals surface area contributed by atoms with Gasteiger partial charge in [0.05, 0.1) is 11.9 Å². The number of unbranched alkanes of at least 4 members (excludes halogenated alkanes) is 1. The van der Waals surface area contributed by atoms with Crippen LogP contribution in [0.4, 0.5) is 22.0 Å². The van der Waals surface area contributed by atoms with Gasteiger partial charge in [0.2, 0.25) is 11.9 Å². The van der Waals surface area contributed by atoms with Crippen LogP contribution in [0.15, 0.2) is 30.5 Å². The number of nitrogens with one attached hydrogen (secondary N) is 2. The van der Waals surface area contributed by atoms with Crippen molar-refractivity contribution in [3.63, 3.8) is 0 Å². The number of rotatable bonds is 8. The van der Waals surface area contributed by atoms with Gasteiger partial charge in [-0.05, 0) is 38.8 Å². The molecule has 2 heterocycles. The summed E-state index contributed by atoms with van der Waals surface area (Å²) < 4.78 is 15.9. The van der Waals surface area contributed by atoms with Crippen LogP contribution >= 0.6 is 0 Å². The first-order chi connectivity index (χ1) is 12.6. The Balaban J connectivity index is 1.91. The first-order valence-electron chi connectivity index (χ1n) is 8.71. The fourth-order valence-corrected chi connectivity index (χ4v) is 2.67. The van der Waals surface area contributed by atoms with Gasteiger partial charge < -0.3 is 15.7 Å². The summed E-state index contributed by atoms with van der Waals surface area (Å²) in [5.74, 6) is 0.689. The number of aliphatic hydroxyl groups is 1. The highest BCUT2D eigenvalue weighted by atomic mass is 19.1. The fourth-order valence-electron chi connectivity index (χ4n) is 2.67. The van der Waals surface area contributed by atoms with Crippen molar-refractivity contribution in [3.8, 4) is 0 Å². The molecular weight excluding hydrogens is 335 g/mol. The first-order valence-corrected chi connectivity index (χ1v) is 8.71. The molecule has 3 aromatic rings. The number of benzene rings is 1. The molecule has 3 rings (SSSR count). The van der Waals surface area contributed by atoms with Crippen LogP contribution < -0.4 is 10.6 Å². The van der Waals surface area contributed by atoms with E-state index in [1.54, 1.807) is 24.4 Å². The molecule has 7 nitrogen and oxygen atoms in total. The number of fused-ring (bicyclic) bond motifs is 1. The second-order valence-electron chi connectivity index (χ2n) is 6.26. The number of hydrogen-bond acceptors (Lipinski definition) is 6. The van der Waals surface area contributed by atoms with E-state index in [9.17, 15) is 4.39 Å². The summed E-state index contributed by atoms with van der Waals surface area (Å²) in [6.07, 6.45) is 3.22. The van der Waals surface area contributed by atoms with E-state index < -0.39 is 0 Å². The van der Waals surface area contributed by atoms with Crippen LogP contribution in [0.3, 0.4) is 0 Å². The third-order valence-electron chi connectivity index (χ3n) is 3.94. The maximum absolute atomic E-state index is 14.0. The minimum Gasteiger partial charge on any atom is -0.396 e. The van der Waals surface area contributed by atoms with Gasteiger partial charge in [-0.1, -0.05) is 12.1 Å². The van der Waals surface area contributed by atoms with Crippen molar-refractivity contribution >= 4 is 28.7 Å². The average Bonchev–Trinajstić information content (AvgIpc) is 2.98. The van der Waals surface area contributed by atoms with Crippen LogP contribution in [0.1, 0.15) is 32.7 Å². The minimum atomic E-state index is -0.341. The number of anilines is 3. The lowest BCUT2D eigenvalue weighted by molar-refractivity contribution is 0.286. The number of nitrogens with zero attached hydrogens (tertiary/aromatic N) is 4. The van der Waals surface area contributed by atoms with Crippen molar-refractivity contribution in [2.45, 2.75) is 32.7 Å². The summed E-state index contributed by atoms with van der Waals surface area (Å²) in [7, 11) is 0. The van der Waals surface area contributed by atoms with Crippen LogP contribution in [0.5, 0.6) is 0 Å². The Labute approximate surface area is 151 Å². The van der Waals surface area contributed by atoms with Crippen LogP contribution in [0, 0.1) is 5.82 Å². The Kier molecular flexibility index (Phi) is 5.62. The van der Waals surface area contributed by atoms with E-state index in [1.165, 1.54) is 6.07 Å². The molecule has 0 amide bonds. The molecular formula is C18H23FN6O. The normalized spacial score (nSPS) is 11.3. The van der Waals surface area contributed by atoms with Crippen molar-refractivity contribution < 1.29 is 9.50 Å². The molecule has 3 N–H and O–H groups in total. The van der Waals surface area contributed by atoms with Crippen molar-refractivity contribution in [1.29, 1.82) is 0 Å². The van der Waals surface area contributed by atoms with Gasteiger partial charge in [0.25, 0.3) is 0 Å². The monoisotopic (exact) mass is 358 g/mol. The van der Waals surface area contributed by atoms with Crippen LogP contribution in [0.25, 0.3) is 11.2 Å². The SMILES string of the molecule is CC(C)n1c(Nc2ccccc2F)nc2cnc(NCCCCO)nc21. The Hall–Kier alpha value is -2.74. The van der Waals surface area contributed by atoms with Crippen molar-refractivity contribution in [1.82, 2.24) is 19.5 Å². The molecule has 0 aliphatic carbocycles. The quantitative estimate of drug-likeness (QED) is 0.535. The zero-order valence-corrected chi connectivity index (χ0v) is 14.9. The molecule has 0 spiro atoms. The maximum Gasteiger partial charge on any atom is 0.224 e. The van der Waals surface area contributed by atoms with Crippen LogP contribution in [-0.4, -0.2) is 37.8 Å². The number of halogens is 1. The molecule has 0 aliphatic rings. The lowest BCUT2D eigenvalue weighted by atomic mass is 10.3. The predicted octanol–water partition coefficient (Wildman–Crippen LogP) is 3.47. The lowest BCUT2D eigenvalue weighted by Crippen LogP contribution is -2.09. The molecule has 0 aliphatic heterocycles. The van der Waals surface area contributed by atoms with E-state index >= 15 is 0 Å². The van der Waals surface area contributed by atoms with Gasteiger partial charge in [-0.25, -0.2) is 14.4 Å². The zero-order valence-electron chi connectivity index (χ0n) is 14.9. The van der Waals surface area contributed by atoms with Crippen molar-refractivity contribution in [2.24, 2.45) is 0 Å². The zero-order chi connectivity index (χ0) is 18.5. The topological polar surface area (TPSA) is 87.9 Å². The van der Waals surface area contributed by atoms with E-state index in [2.05, 4.69) is 25.6 Å². The van der Waals surface area contributed by atoms with Crippen LogP contribution in [0.2, 0.25) is 0 Å². The summed E-state index contributed by atoms with van der Waals surface area (Å²) >= 11 is 0. The summed E-state index contributed by atoms with van der Waals surface area (Å²) in [6, 6.07) is 6.55. The number of aromatic nitrogens is 4. The Morgan fingerprint density at radius 3 is 2.73 bits per heavy atom. The van der Waals surface area contributed by atoms with E-state index in [-0.39, 0.29) is 18.5 Å². The van der Waals surface area contributed by atoms with Gasteiger partial charge in [0.1, 0.15) is 11.3 Å². The van der Waals surface area contributed by atoms with Gasteiger partial charge in [-0.2, -0.15) is 4.98 Å². The van der Waals surface area contributed by atoms with E-state index in [1.807, 2.05) is 18.4 Å². The molecule has 0 saturated heterocycles. The van der Waals surface area contributed by atoms with E-state index in [4.69, 9.17) is 5.11 Å². The van der Waals surface area contributed by atoms with Crippen molar-refractivity contribution in [3.05, 3.63) is 36.3 Å². The average molecular weight is 358 g/mol. The van der Waals surface area contributed by atoms with Gasteiger partial charge in [-0.15, -0.1) is 0 Å². The molecule has 0 bridgehead atoms. The van der Waals surface area contributed by atoms with Gasteiger partial charge in [0.15, 0.2) is 5.65 Å². The molecule has 138 valence electrons. The summed E-state index contributed by atoms with van der Waals surface area (Å²) in [6.45, 7) is 4.89. The molecule has 0 atom stereocenters. The Bertz CT molecular complexity index is 879. The minimum absolute atomic E-state index is 0.0754. The standard InChI is InChI=1S/C18H23FN6O/c1-12(2)25-16-15(11-21-17(24-16)20-9-5-6-10-26)23-18(25)22-14-8-4-3-7-13(14)19/h3-4,7-8,11-12,26H,5-6,9-10H2,1-2H3,(H,22,23)(H,20,21,24). The number of para-hydroxylation sites is 1. The predicted molar refractivity (Wildman–Crippen MR) is 100 cm³/mol. The number of imidazole rings is 1. The number of aliphatic hydroxyl groups excluding tert-OH is 1. The van der Waals surface area contributed by atoms with E-state index in [0.29, 0.717) is 35.3 Å². The summed E-state index contributed by atoms with van der Waals surface area (Å²) in [5, 5.41) is 15.0. The van der Waals surface area contributed by atoms with Gasteiger partial charge in [-0.3, -0.25) is 4.57 Å². The smallest absolute Gasteiger partial charge is 0.224 e. The maximum atomic E-state index is 14.0. The van der Waals surface area contributed by atoms with Gasteiger partial charge >= 0.3 is 0 Å². The molecule has 1 aromatic carbocycles. The third-order valence-corrected chi connectivity index (χ3v) is 3.94. The molecule has 2 aromatic heterocycles.